The Balaban J connectivity index is 1.57. The van der Waals surface area contributed by atoms with Crippen molar-refractivity contribution in [3.05, 3.63) is 0 Å². The van der Waals surface area contributed by atoms with Crippen LogP contribution in [0.2, 0.25) is 0 Å². The van der Waals surface area contributed by atoms with Crippen LogP contribution in [-0.4, -0.2) is 24.8 Å². The molecule has 0 radical (unpaired) electrons. The van der Waals surface area contributed by atoms with Crippen LogP contribution >= 0.6 is 0 Å². The van der Waals surface area contributed by atoms with Crippen molar-refractivity contribution in [2.24, 2.45) is 17.8 Å². The Morgan fingerprint density at radius 3 is 2.30 bits per heavy atom. The van der Waals surface area contributed by atoms with Crippen molar-refractivity contribution in [2.45, 2.75) is 58.5 Å². The third kappa shape index (κ3) is 4.83. The van der Waals surface area contributed by atoms with Crippen molar-refractivity contribution in [3.8, 4) is 11.8 Å². The van der Waals surface area contributed by atoms with Gasteiger partial charge in [-0.05, 0) is 51.4 Å². The summed E-state index contributed by atoms with van der Waals surface area (Å²) >= 11 is 0. The van der Waals surface area contributed by atoms with Gasteiger partial charge >= 0.3 is 5.97 Å². The van der Waals surface area contributed by atoms with E-state index < -0.39 is 5.60 Å². The van der Waals surface area contributed by atoms with E-state index in [0.717, 1.165) is 31.3 Å². The average Bonchev–Trinajstić information content (AvgIpc) is 2.92. The minimum Gasteiger partial charge on any atom is -0.460 e. The monoisotopic (exact) mass is 278 g/mol. The summed E-state index contributed by atoms with van der Waals surface area (Å²) in [6.45, 7) is 6.91. The van der Waals surface area contributed by atoms with Gasteiger partial charge in [0, 0.05) is 19.4 Å². The van der Waals surface area contributed by atoms with Crippen LogP contribution in [0.5, 0.6) is 0 Å². The maximum atomic E-state index is 11.5. The van der Waals surface area contributed by atoms with E-state index in [1.54, 1.807) is 0 Å². The Morgan fingerprint density at radius 1 is 1.15 bits per heavy atom. The van der Waals surface area contributed by atoms with E-state index in [4.69, 9.17) is 9.47 Å². The van der Waals surface area contributed by atoms with Crippen molar-refractivity contribution < 1.29 is 14.3 Å². The topological polar surface area (TPSA) is 35.5 Å². The van der Waals surface area contributed by atoms with Crippen LogP contribution in [0.1, 0.15) is 52.9 Å². The third-order valence-electron chi connectivity index (χ3n) is 4.02. The van der Waals surface area contributed by atoms with E-state index >= 15 is 0 Å². The number of esters is 1. The Hall–Kier alpha value is -1.01. The molecule has 0 spiro atoms. The number of hydrogen-bond acceptors (Lipinski definition) is 3. The zero-order chi connectivity index (χ0) is 14.6. The van der Waals surface area contributed by atoms with Crippen LogP contribution in [0.4, 0.5) is 0 Å². The van der Waals surface area contributed by atoms with Crippen LogP contribution in [0.3, 0.4) is 0 Å². The Morgan fingerprint density at radius 2 is 1.75 bits per heavy atom. The Kier molecular flexibility index (Phi) is 5.10. The van der Waals surface area contributed by atoms with Gasteiger partial charge in [0.15, 0.2) is 0 Å². The molecule has 112 valence electrons. The van der Waals surface area contributed by atoms with E-state index in [-0.39, 0.29) is 5.97 Å². The molecular weight excluding hydrogens is 252 g/mol. The Bertz CT molecular complexity index is 379. The number of carbonyl (C=O) groups is 1. The summed E-state index contributed by atoms with van der Waals surface area (Å²) in [6, 6.07) is 0. The first-order valence-corrected chi connectivity index (χ1v) is 7.73. The number of rotatable bonds is 5. The van der Waals surface area contributed by atoms with Gasteiger partial charge in [0.05, 0.1) is 13.0 Å². The van der Waals surface area contributed by atoms with Crippen molar-refractivity contribution in [1.29, 1.82) is 0 Å². The van der Waals surface area contributed by atoms with Gasteiger partial charge < -0.3 is 9.47 Å². The van der Waals surface area contributed by atoms with Gasteiger partial charge in [-0.25, -0.2) is 0 Å². The molecule has 1 unspecified atom stereocenters. The molecule has 0 amide bonds. The normalized spacial score (nSPS) is 28.4. The molecule has 0 bridgehead atoms. The molecular formula is C17H26O3. The molecule has 0 aromatic carbocycles. The van der Waals surface area contributed by atoms with Gasteiger partial charge in [0.1, 0.15) is 5.60 Å². The molecule has 0 aromatic heterocycles. The lowest BCUT2D eigenvalue weighted by molar-refractivity contribution is -0.156. The smallest absolute Gasteiger partial charge is 0.308 e. The van der Waals surface area contributed by atoms with Crippen molar-refractivity contribution in [3.63, 3.8) is 0 Å². The molecule has 0 aromatic rings. The van der Waals surface area contributed by atoms with Gasteiger partial charge in [-0.2, -0.15) is 0 Å². The molecule has 20 heavy (non-hydrogen) atoms. The van der Waals surface area contributed by atoms with Crippen molar-refractivity contribution >= 4 is 5.97 Å². The van der Waals surface area contributed by atoms with Crippen LogP contribution in [0.15, 0.2) is 0 Å². The summed E-state index contributed by atoms with van der Waals surface area (Å²) in [5.74, 6) is 8.57. The van der Waals surface area contributed by atoms with E-state index in [2.05, 4.69) is 11.8 Å². The fourth-order valence-corrected chi connectivity index (χ4v) is 3.05. The van der Waals surface area contributed by atoms with Crippen LogP contribution in [0.25, 0.3) is 0 Å². The standard InChI is InChI=1S/C17H26O3/c1-17(2,3)20-16(18)10-11-19-12-15-13-8-6-4-5-7-9-14(13)15/h13-15H,6-12H2,1-3H3/t13-,14+,15?. The number of ether oxygens (including phenoxy) is 2. The molecule has 2 aliphatic carbocycles. The second kappa shape index (κ2) is 6.63. The number of carbonyl (C=O) groups excluding carboxylic acids is 1. The first-order chi connectivity index (χ1) is 9.47. The average molecular weight is 278 g/mol. The molecule has 2 aliphatic rings. The predicted molar refractivity (Wildman–Crippen MR) is 78.0 cm³/mol. The second-order valence-electron chi connectivity index (χ2n) is 6.83. The lowest BCUT2D eigenvalue weighted by atomic mass is 10.1. The van der Waals surface area contributed by atoms with Gasteiger partial charge in [0.2, 0.25) is 0 Å². The predicted octanol–water partition coefficient (Wildman–Crippen LogP) is 3.17. The van der Waals surface area contributed by atoms with E-state index in [0.29, 0.717) is 18.9 Å². The molecule has 1 fully saturated rings. The summed E-state index contributed by atoms with van der Waals surface area (Å²) in [6.07, 6.45) is 4.86. The third-order valence-corrected chi connectivity index (χ3v) is 4.02. The quantitative estimate of drug-likeness (QED) is 0.440. The lowest BCUT2D eigenvalue weighted by Gasteiger charge is -2.19. The van der Waals surface area contributed by atoms with Gasteiger partial charge in [-0.1, -0.05) is 0 Å². The molecule has 3 heteroatoms. The lowest BCUT2D eigenvalue weighted by Crippen LogP contribution is -2.24. The fraction of sp³-hybridized carbons (Fsp3) is 0.824. The van der Waals surface area contributed by atoms with Gasteiger partial charge in [-0.3, -0.25) is 4.79 Å². The largest absolute Gasteiger partial charge is 0.460 e. The molecule has 0 saturated heterocycles. The highest BCUT2D eigenvalue weighted by molar-refractivity contribution is 5.69. The summed E-state index contributed by atoms with van der Waals surface area (Å²) in [7, 11) is 0. The Labute approximate surface area is 122 Å². The summed E-state index contributed by atoms with van der Waals surface area (Å²) in [4.78, 5) is 11.5. The minimum atomic E-state index is -0.404. The zero-order valence-corrected chi connectivity index (χ0v) is 12.9. The fourth-order valence-electron chi connectivity index (χ4n) is 3.05. The van der Waals surface area contributed by atoms with E-state index in [1.807, 2.05) is 20.8 Å². The van der Waals surface area contributed by atoms with Crippen molar-refractivity contribution in [1.82, 2.24) is 0 Å². The van der Waals surface area contributed by atoms with Gasteiger partial charge in [0.25, 0.3) is 0 Å². The molecule has 2 rings (SSSR count). The van der Waals surface area contributed by atoms with Crippen molar-refractivity contribution in [2.75, 3.05) is 13.2 Å². The summed E-state index contributed by atoms with van der Waals surface area (Å²) in [5.41, 5.74) is -0.404. The summed E-state index contributed by atoms with van der Waals surface area (Å²) < 4.78 is 10.9. The summed E-state index contributed by atoms with van der Waals surface area (Å²) in [5, 5.41) is 0. The first-order valence-electron chi connectivity index (χ1n) is 7.73. The van der Waals surface area contributed by atoms with Crippen LogP contribution in [0, 0.1) is 29.6 Å². The van der Waals surface area contributed by atoms with E-state index in [1.165, 1.54) is 12.8 Å². The first kappa shape index (κ1) is 15.4. The molecule has 3 nitrogen and oxygen atoms in total. The number of fused-ring (bicyclic) bond motifs is 1. The SMILES string of the molecule is CC(C)(C)OC(=O)CCOCC1[C@H]2CCC#CCC[C@@H]12. The maximum absolute atomic E-state index is 11.5. The highest BCUT2D eigenvalue weighted by Crippen LogP contribution is 2.52. The number of hydrogen-bond donors (Lipinski definition) is 0. The van der Waals surface area contributed by atoms with Crippen LogP contribution < -0.4 is 0 Å². The highest BCUT2D eigenvalue weighted by Gasteiger charge is 2.48. The molecule has 1 saturated carbocycles. The van der Waals surface area contributed by atoms with Gasteiger partial charge in [-0.15, -0.1) is 11.8 Å². The minimum absolute atomic E-state index is 0.173. The maximum Gasteiger partial charge on any atom is 0.308 e. The van der Waals surface area contributed by atoms with E-state index in [9.17, 15) is 4.79 Å². The van der Waals surface area contributed by atoms with Crippen LogP contribution in [-0.2, 0) is 14.3 Å². The molecule has 3 atom stereocenters. The molecule has 0 N–H and O–H groups in total. The second-order valence-corrected chi connectivity index (χ2v) is 6.83. The highest BCUT2D eigenvalue weighted by atomic mass is 16.6. The molecule has 0 heterocycles. The zero-order valence-electron chi connectivity index (χ0n) is 12.9. The molecule has 0 aliphatic heterocycles.